The van der Waals surface area contributed by atoms with Crippen LogP contribution in [0.4, 0.5) is 5.69 Å². The summed E-state index contributed by atoms with van der Waals surface area (Å²) in [6.45, 7) is 7.97. The standard InChI is InChI=1S/C23H23N5O2/c1-15-14-19(26-28(15)18-8-6-5-7-9-18)21(29)24-17-12-10-16(11-13-17)20-25-22(30-27-20)23(2,3)4/h5-14H,1-4H3,(H,24,29). The number of aromatic nitrogens is 4. The van der Waals surface area contributed by atoms with Crippen molar-refractivity contribution in [2.24, 2.45) is 0 Å². The van der Waals surface area contributed by atoms with Crippen LogP contribution in [0.25, 0.3) is 17.1 Å². The van der Waals surface area contributed by atoms with Crippen molar-refractivity contribution in [3.63, 3.8) is 0 Å². The molecule has 7 nitrogen and oxygen atoms in total. The summed E-state index contributed by atoms with van der Waals surface area (Å²) in [5.41, 5.74) is 3.42. The summed E-state index contributed by atoms with van der Waals surface area (Å²) >= 11 is 0. The minimum Gasteiger partial charge on any atom is -0.338 e. The number of carbonyl (C=O) groups excluding carboxylic acids is 1. The average Bonchev–Trinajstić information content (AvgIpc) is 3.36. The molecule has 152 valence electrons. The SMILES string of the molecule is Cc1cc(C(=O)Nc2ccc(-c3noc(C(C)(C)C)n3)cc2)nn1-c1ccccc1. The third-order valence-corrected chi connectivity index (χ3v) is 4.59. The van der Waals surface area contributed by atoms with E-state index in [0.29, 0.717) is 23.1 Å². The molecular formula is C23H23N5O2. The predicted octanol–water partition coefficient (Wildman–Crippen LogP) is 4.78. The van der Waals surface area contributed by atoms with Crippen molar-refractivity contribution in [2.45, 2.75) is 33.1 Å². The maximum Gasteiger partial charge on any atom is 0.276 e. The third kappa shape index (κ3) is 4.00. The lowest BCUT2D eigenvalue weighted by Crippen LogP contribution is -2.13. The number of aryl methyl sites for hydroxylation is 1. The molecule has 0 fully saturated rings. The van der Waals surface area contributed by atoms with Crippen LogP contribution < -0.4 is 5.32 Å². The molecule has 0 atom stereocenters. The van der Waals surface area contributed by atoms with Crippen LogP contribution in [-0.4, -0.2) is 25.8 Å². The van der Waals surface area contributed by atoms with Gasteiger partial charge in [-0.15, -0.1) is 0 Å². The number of nitrogens with zero attached hydrogens (tertiary/aromatic N) is 4. The van der Waals surface area contributed by atoms with E-state index >= 15 is 0 Å². The van der Waals surface area contributed by atoms with E-state index in [4.69, 9.17) is 4.52 Å². The van der Waals surface area contributed by atoms with Crippen LogP contribution in [0.15, 0.2) is 65.2 Å². The van der Waals surface area contributed by atoms with E-state index < -0.39 is 0 Å². The van der Waals surface area contributed by atoms with Gasteiger partial charge in [0, 0.05) is 22.4 Å². The molecule has 0 bridgehead atoms. The highest BCUT2D eigenvalue weighted by molar-refractivity contribution is 6.03. The second kappa shape index (κ2) is 7.59. The first kappa shape index (κ1) is 19.6. The van der Waals surface area contributed by atoms with Crippen LogP contribution in [0.5, 0.6) is 0 Å². The highest BCUT2D eigenvalue weighted by Gasteiger charge is 2.22. The van der Waals surface area contributed by atoms with Crippen LogP contribution in [-0.2, 0) is 5.41 Å². The van der Waals surface area contributed by atoms with E-state index in [0.717, 1.165) is 16.9 Å². The molecule has 0 aliphatic carbocycles. The first-order chi connectivity index (χ1) is 14.3. The number of nitrogens with one attached hydrogen (secondary N) is 1. The molecule has 4 rings (SSSR count). The molecule has 0 unspecified atom stereocenters. The largest absolute Gasteiger partial charge is 0.338 e. The topological polar surface area (TPSA) is 85.8 Å². The molecule has 0 aliphatic rings. The van der Waals surface area contributed by atoms with Crippen LogP contribution in [0, 0.1) is 6.92 Å². The van der Waals surface area contributed by atoms with Gasteiger partial charge in [0.2, 0.25) is 11.7 Å². The third-order valence-electron chi connectivity index (χ3n) is 4.59. The second-order valence-corrected chi connectivity index (χ2v) is 8.12. The Morgan fingerprint density at radius 3 is 2.37 bits per heavy atom. The monoisotopic (exact) mass is 401 g/mol. The Bertz CT molecular complexity index is 1170. The Hall–Kier alpha value is -3.74. The number of hydrogen-bond acceptors (Lipinski definition) is 5. The lowest BCUT2D eigenvalue weighted by molar-refractivity contribution is 0.102. The van der Waals surface area contributed by atoms with Gasteiger partial charge in [-0.2, -0.15) is 10.1 Å². The molecule has 0 saturated carbocycles. The Labute approximate surface area is 174 Å². The fourth-order valence-electron chi connectivity index (χ4n) is 2.96. The van der Waals surface area contributed by atoms with E-state index in [9.17, 15) is 4.79 Å². The van der Waals surface area contributed by atoms with Crippen molar-refractivity contribution in [1.29, 1.82) is 0 Å². The maximum atomic E-state index is 12.7. The zero-order chi connectivity index (χ0) is 21.3. The summed E-state index contributed by atoms with van der Waals surface area (Å²) in [7, 11) is 0. The average molecular weight is 401 g/mol. The Balaban J connectivity index is 1.49. The van der Waals surface area contributed by atoms with Gasteiger partial charge in [-0.25, -0.2) is 4.68 Å². The lowest BCUT2D eigenvalue weighted by atomic mass is 9.97. The Kier molecular flexibility index (Phi) is 4.95. The zero-order valence-corrected chi connectivity index (χ0v) is 17.4. The van der Waals surface area contributed by atoms with Crippen LogP contribution in [0.1, 0.15) is 42.8 Å². The molecule has 4 aromatic rings. The fraction of sp³-hybridized carbons (Fsp3) is 0.217. The molecule has 0 spiro atoms. The summed E-state index contributed by atoms with van der Waals surface area (Å²) in [5.74, 6) is 0.837. The van der Waals surface area contributed by atoms with Gasteiger partial charge in [-0.05, 0) is 49.4 Å². The van der Waals surface area contributed by atoms with E-state index in [-0.39, 0.29) is 11.3 Å². The number of rotatable bonds is 4. The number of para-hydroxylation sites is 1. The zero-order valence-electron chi connectivity index (χ0n) is 17.4. The van der Waals surface area contributed by atoms with Gasteiger partial charge in [-0.1, -0.05) is 44.1 Å². The van der Waals surface area contributed by atoms with Crippen molar-refractivity contribution >= 4 is 11.6 Å². The molecule has 2 heterocycles. The summed E-state index contributed by atoms with van der Waals surface area (Å²) in [4.78, 5) is 17.1. The van der Waals surface area contributed by atoms with Crippen molar-refractivity contribution in [3.8, 4) is 17.1 Å². The van der Waals surface area contributed by atoms with Crippen molar-refractivity contribution in [1.82, 2.24) is 19.9 Å². The molecule has 1 N–H and O–H groups in total. The highest BCUT2D eigenvalue weighted by Crippen LogP contribution is 2.24. The van der Waals surface area contributed by atoms with Gasteiger partial charge < -0.3 is 9.84 Å². The van der Waals surface area contributed by atoms with Crippen molar-refractivity contribution in [2.75, 3.05) is 5.32 Å². The van der Waals surface area contributed by atoms with Gasteiger partial charge in [-0.3, -0.25) is 4.79 Å². The summed E-state index contributed by atoms with van der Waals surface area (Å²) in [5, 5.41) is 11.4. The van der Waals surface area contributed by atoms with Gasteiger partial charge in [0.25, 0.3) is 5.91 Å². The minimum absolute atomic E-state index is 0.208. The van der Waals surface area contributed by atoms with Gasteiger partial charge in [0.05, 0.1) is 5.69 Å². The van der Waals surface area contributed by atoms with Crippen molar-refractivity contribution in [3.05, 3.63) is 77.9 Å². The fourth-order valence-corrected chi connectivity index (χ4v) is 2.96. The number of hydrogen-bond donors (Lipinski definition) is 1. The summed E-state index contributed by atoms with van der Waals surface area (Å²) in [6.07, 6.45) is 0. The van der Waals surface area contributed by atoms with Gasteiger partial charge in [0.1, 0.15) is 0 Å². The van der Waals surface area contributed by atoms with Gasteiger partial charge in [0.15, 0.2) is 5.69 Å². The van der Waals surface area contributed by atoms with E-state index in [1.165, 1.54) is 0 Å². The quantitative estimate of drug-likeness (QED) is 0.532. The van der Waals surface area contributed by atoms with E-state index in [1.54, 1.807) is 22.9 Å². The molecule has 0 radical (unpaired) electrons. The highest BCUT2D eigenvalue weighted by atomic mass is 16.5. The van der Waals surface area contributed by atoms with E-state index in [1.807, 2.05) is 70.2 Å². The first-order valence-electron chi connectivity index (χ1n) is 9.69. The van der Waals surface area contributed by atoms with Gasteiger partial charge >= 0.3 is 0 Å². The molecule has 2 aromatic heterocycles. The summed E-state index contributed by atoms with van der Waals surface area (Å²) in [6, 6.07) is 18.8. The normalized spacial score (nSPS) is 11.5. The molecular weight excluding hydrogens is 378 g/mol. The number of benzene rings is 2. The maximum absolute atomic E-state index is 12.7. The second-order valence-electron chi connectivity index (χ2n) is 8.12. The van der Waals surface area contributed by atoms with Crippen LogP contribution in [0.2, 0.25) is 0 Å². The molecule has 7 heteroatoms. The van der Waals surface area contributed by atoms with Crippen LogP contribution in [0.3, 0.4) is 0 Å². The lowest BCUT2D eigenvalue weighted by Gasteiger charge is -2.10. The van der Waals surface area contributed by atoms with Crippen LogP contribution >= 0.6 is 0 Å². The van der Waals surface area contributed by atoms with Crippen molar-refractivity contribution < 1.29 is 9.32 Å². The first-order valence-corrected chi connectivity index (χ1v) is 9.69. The molecule has 2 aromatic carbocycles. The molecule has 30 heavy (non-hydrogen) atoms. The summed E-state index contributed by atoms with van der Waals surface area (Å²) < 4.78 is 7.10. The number of carbonyl (C=O) groups is 1. The predicted molar refractivity (Wildman–Crippen MR) is 115 cm³/mol. The minimum atomic E-state index is -0.268. The Morgan fingerprint density at radius 1 is 1.03 bits per heavy atom. The Morgan fingerprint density at radius 2 is 1.73 bits per heavy atom. The molecule has 1 amide bonds. The number of anilines is 1. The van der Waals surface area contributed by atoms with E-state index in [2.05, 4.69) is 20.6 Å². The number of amides is 1. The molecule has 0 aliphatic heterocycles. The molecule has 0 saturated heterocycles. The smallest absolute Gasteiger partial charge is 0.276 e.